The van der Waals surface area contributed by atoms with Gasteiger partial charge in [-0.1, -0.05) is 30.3 Å². The molecular formula is C12H16N2O. The Labute approximate surface area is 90.6 Å². The van der Waals surface area contributed by atoms with E-state index in [1.165, 1.54) is 0 Å². The predicted octanol–water partition coefficient (Wildman–Crippen LogP) is 1.56. The van der Waals surface area contributed by atoms with E-state index in [1.54, 1.807) is 0 Å². The molecule has 0 saturated carbocycles. The van der Waals surface area contributed by atoms with Gasteiger partial charge in [0.1, 0.15) is 0 Å². The number of aliphatic hydroxyl groups excluding tert-OH is 1. The summed E-state index contributed by atoms with van der Waals surface area (Å²) in [7, 11) is 1.83. The van der Waals surface area contributed by atoms with Crippen LogP contribution in [0.1, 0.15) is 18.6 Å². The molecule has 3 heteroatoms. The Bertz CT molecular complexity index is 331. The first kappa shape index (κ1) is 11.7. The van der Waals surface area contributed by atoms with Crippen molar-refractivity contribution < 1.29 is 5.11 Å². The molecule has 0 aliphatic heterocycles. The second kappa shape index (κ2) is 5.50. The molecule has 15 heavy (non-hydrogen) atoms. The topological polar surface area (TPSA) is 47.3 Å². The number of likely N-dealkylation sites (N-methyl/N-ethyl adjacent to an activating group) is 1. The number of aliphatic hydroxyl groups is 1. The summed E-state index contributed by atoms with van der Waals surface area (Å²) < 4.78 is 0. The highest BCUT2D eigenvalue weighted by atomic mass is 16.3. The Hall–Kier alpha value is -1.37. The molecule has 0 amide bonds. The fraction of sp³-hybridized carbons (Fsp3) is 0.417. The van der Waals surface area contributed by atoms with E-state index in [0.29, 0.717) is 6.54 Å². The van der Waals surface area contributed by atoms with Gasteiger partial charge in [-0.2, -0.15) is 5.26 Å². The lowest BCUT2D eigenvalue weighted by Crippen LogP contribution is -2.34. The van der Waals surface area contributed by atoms with Crippen molar-refractivity contribution in [2.24, 2.45) is 0 Å². The monoisotopic (exact) mass is 204 g/mol. The van der Waals surface area contributed by atoms with Gasteiger partial charge in [-0.3, -0.25) is 4.90 Å². The fourth-order valence-corrected chi connectivity index (χ4v) is 1.43. The fourth-order valence-electron chi connectivity index (χ4n) is 1.43. The summed E-state index contributed by atoms with van der Waals surface area (Å²) in [6.07, 6.45) is -0.551. The van der Waals surface area contributed by atoms with Crippen molar-refractivity contribution in [2.75, 3.05) is 13.6 Å². The molecule has 1 aromatic rings. The Morgan fingerprint density at radius 2 is 2.00 bits per heavy atom. The molecule has 0 saturated heterocycles. The molecule has 3 nitrogen and oxygen atoms in total. The molecule has 0 heterocycles. The minimum atomic E-state index is -0.551. The lowest BCUT2D eigenvalue weighted by atomic mass is 10.0. The molecule has 0 aliphatic carbocycles. The lowest BCUT2D eigenvalue weighted by molar-refractivity contribution is 0.0794. The maximum absolute atomic E-state index is 10.0. The van der Waals surface area contributed by atoms with Crippen LogP contribution in [0.5, 0.6) is 0 Å². The van der Waals surface area contributed by atoms with Crippen LogP contribution in [0.4, 0.5) is 0 Å². The van der Waals surface area contributed by atoms with Gasteiger partial charge in [-0.05, 0) is 19.5 Å². The summed E-state index contributed by atoms with van der Waals surface area (Å²) in [4.78, 5) is 1.83. The maximum Gasteiger partial charge on any atom is 0.0942 e. The average molecular weight is 204 g/mol. The van der Waals surface area contributed by atoms with Crippen LogP contribution in [0.3, 0.4) is 0 Å². The van der Waals surface area contributed by atoms with E-state index in [2.05, 4.69) is 6.07 Å². The van der Waals surface area contributed by atoms with Crippen LogP contribution in [0, 0.1) is 11.3 Å². The van der Waals surface area contributed by atoms with Gasteiger partial charge in [0, 0.05) is 6.04 Å². The van der Waals surface area contributed by atoms with Gasteiger partial charge in [0.15, 0.2) is 0 Å². The predicted molar refractivity (Wildman–Crippen MR) is 59.1 cm³/mol. The molecule has 1 rings (SSSR count). The third kappa shape index (κ3) is 3.05. The van der Waals surface area contributed by atoms with Crippen LogP contribution in [-0.4, -0.2) is 29.6 Å². The highest BCUT2D eigenvalue weighted by Crippen LogP contribution is 2.19. The zero-order valence-electron chi connectivity index (χ0n) is 9.09. The Balaban J connectivity index is 2.69. The highest BCUT2D eigenvalue weighted by molar-refractivity contribution is 5.18. The summed E-state index contributed by atoms with van der Waals surface area (Å²) in [5, 5.41) is 18.6. The molecule has 0 bridgehead atoms. The number of nitrogens with zero attached hydrogens (tertiary/aromatic N) is 2. The zero-order valence-corrected chi connectivity index (χ0v) is 9.09. The molecule has 0 aromatic heterocycles. The van der Waals surface area contributed by atoms with E-state index in [-0.39, 0.29) is 6.04 Å². The molecule has 1 aromatic carbocycles. The number of hydrogen-bond acceptors (Lipinski definition) is 3. The first-order valence-corrected chi connectivity index (χ1v) is 4.97. The van der Waals surface area contributed by atoms with Gasteiger partial charge < -0.3 is 5.11 Å². The maximum atomic E-state index is 10.0. The first-order chi connectivity index (χ1) is 7.16. The molecule has 0 radical (unpaired) electrons. The van der Waals surface area contributed by atoms with Gasteiger partial charge in [-0.15, -0.1) is 0 Å². The van der Waals surface area contributed by atoms with Crippen molar-refractivity contribution in [1.82, 2.24) is 4.90 Å². The van der Waals surface area contributed by atoms with Gasteiger partial charge in [0.05, 0.1) is 18.7 Å². The van der Waals surface area contributed by atoms with E-state index in [0.717, 1.165) is 5.56 Å². The molecule has 0 aliphatic rings. The van der Waals surface area contributed by atoms with Gasteiger partial charge in [-0.25, -0.2) is 0 Å². The second-order valence-electron chi connectivity index (χ2n) is 3.67. The molecular weight excluding hydrogens is 188 g/mol. The summed E-state index contributed by atoms with van der Waals surface area (Å²) >= 11 is 0. The number of benzene rings is 1. The SMILES string of the molecule is C[C@H]([C@H](O)c1ccccc1)N(C)CC#N. The molecule has 2 atom stereocenters. The van der Waals surface area contributed by atoms with Crippen molar-refractivity contribution in [3.63, 3.8) is 0 Å². The third-order valence-electron chi connectivity index (χ3n) is 2.61. The summed E-state index contributed by atoms with van der Waals surface area (Å²) in [6, 6.07) is 11.5. The van der Waals surface area contributed by atoms with Crippen LogP contribution >= 0.6 is 0 Å². The van der Waals surface area contributed by atoms with E-state index >= 15 is 0 Å². The molecule has 1 N–H and O–H groups in total. The molecule has 80 valence electrons. The number of nitriles is 1. The van der Waals surface area contributed by atoms with E-state index < -0.39 is 6.10 Å². The minimum Gasteiger partial charge on any atom is -0.387 e. The Morgan fingerprint density at radius 1 is 1.40 bits per heavy atom. The minimum absolute atomic E-state index is 0.0629. The average Bonchev–Trinajstić information content (AvgIpc) is 2.28. The summed E-state index contributed by atoms with van der Waals surface area (Å²) in [5.41, 5.74) is 0.884. The highest BCUT2D eigenvalue weighted by Gasteiger charge is 2.19. The first-order valence-electron chi connectivity index (χ1n) is 4.97. The molecule has 0 unspecified atom stereocenters. The van der Waals surface area contributed by atoms with Gasteiger partial charge >= 0.3 is 0 Å². The van der Waals surface area contributed by atoms with Crippen LogP contribution in [0.2, 0.25) is 0 Å². The van der Waals surface area contributed by atoms with Crippen LogP contribution in [-0.2, 0) is 0 Å². The van der Waals surface area contributed by atoms with E-state index in [9.17, 15) is 5.11 Å². The van der Waals surface area contributed by atoms with Crippen LogP contribution in [0.25, 0.3) is 0 Å². The van der Waals surface area contributed by atoms with Crippen molar-refractivity contribution >= 4 is 0 Å². The normalized spacial score (nSPS) is 14.6. The quantitative estimate of drug-likeness (QED) is 0.757. The molecule has 0 spiro atoms. The second-order valence-corrected chi connectivity index (χ2v) is 3.67. The zero-order chi connectivity index (χ0) is 11.3. The van der Waals surface area contributed by atoms with E-state index in [4.69, 9.17) is 5.26 Å². The van der Waals surface area contributed by atoms with Gasteiger partial charge in [0.25, 0.3) is 0 Å². The molecule has 0 fully saturated rings. The summed E-state index contributed by atoms with van der Waals surface area (Å²) in [6.45, 7) is 2.24. The van der Waals surface area contributed by atoms with Crippen LogP contribution in [0.15, 0.2) is 30.3 Å². The summed E-state index contributed by atoms with van der Waals surface area (Å²) in [5.74, 6) is 0. The Kier molecular flexibility index (Phi) is 4.29. The number of hydrogen-bond donors (Lipinski definition) is 1. The largest absolute Gasteiger partial charge is 0.387 e. The van der Waals surface area contributed by atoms with Crippen LogP contribution < -0.4 is 0 Å². The Morgan fingerprint density at radius 3 is 2.53 bits per heavy atom. The third-order valence-corrected chi connectivity index (χ3v) is 2.61. The van der Waals surface area contributed by atoms with Crippen molar-refractivity contribution in [3.8, 4) is 6.07 Å². The van der Waals surface area contributed by atoms with Crippen molar-refractivity contribution in [3.05, 3.63) is 35.9 Å². The van der Waals surface area contributed by atoms with Gasteiger partial charge in [0.2, 0.25) is 0 Å². The standard InChI is InChI=1S/C12H16N2O/c1-10(14(2)9-8-13)12(15)11-6-4-3-5-7-11/h3-7,10,12,15H,9H2,1-2H3/t10-,12+/m1/s1. The lowest BCUT2D eigenvalue weighted by Gasteiger charge is -2.26. The smallest absolute Gasteiger partial charge is 0.0942 e. The van der Waals surface area contributed by atoms with E-state index in [1.807, 2.05) is 49.2 Å². The number of rotatable bonds is 4. The van der Waals surface area contributed by atoms with Crippen molar-refractivity contribution in [2.45, 2.75) is 19.1 Å². The van der Waals surface area contributed by atoms with Crippen molar-refractivity contribution in [1.29, 1.82) is 5.26 Å².